The highest BCUT2D eigenvalue weighted by Gasteiger charge is 2.28. The highest BCUT2D eigenvalue weighted by Crippen LogP contribution is 2.31. The van der Waals surface area contributed by atoms with E-state index in [9.17, 15) is 4.39 Å². The summed E-state index contributed by atoms with van der Waals surface area (Å²) in [7, 11) is 0. The van der Waals surface area contributed by atoms with Gasteiger partial charge in [0.15, 0.2) is 0 Å². The highest BCUT2D eigenvalue weighted by molar-refractivity contribution is 5.48. The summed E-state index contributed by atoms with van der Waals surface area (Å²) in [6.45, 7) is 2.82. The minimum Gasteiger partial charge on any atom is -0.384 e. The van der Waals surface area contributed by atoms with Crippen LogP contribution in [-0.2, 0) is 11.2 Å². The molecule has 2 N–H and O–H groups in total. The molecule has 2 atom stereocenters. The Morgan fingerprint density at radius 3 is 2.96 bits per heavy atom. The first-order valence-corrected chi connectivity index (χ1v) is 9.87. The first-order valence-electron chi connectivity index (χ1n) is 9.87. The van der Waals surface area contributed by atoms with Gasteiger partial charge in [-0.3, -0.25) is 0 Å². The van der Waals surface area contributed by atoms with Crippen LogP contribution in [-0.4, -0.2) is 17.7 Å². The Morgan fingerprint density at radius 1 is 1.26 bits per heavy atom. The lowest BCUT2D eigenvalue weighted by Crippen LogP contribution is -2.21. The van der Waals surface area contributed by atoms with E-state index in [1.807, 2.05) is 18.2 Å². The number of halogens is 1. The molecule has 0 spiro atoms. The molecule has 4 heteroatoms. The number of hydrogen-bond donors (Lipinski definition) is 1. The van der Waals surface area contributed by atoms with Crippen LogP contribution in [0.25, 0.3) is 6.08 Å². The minimum atomic E-state index is -0.197. The van der Waals surface area contributed by atoms with Crippen LogP contribution in [0, 0.1) is 18.7 Å². The van der Waals surface area contributed by atoms with Crippen molar-refractivity contribution in [2.45, 2.75) is 51.6 Å². The Balaban J connectivity index is 1.41. The third-order valence-electron chi connectivity index (χ3n) is 5.11. The SMILES string of the molecule is Cc1cc(N)nc(C[C@@H]2CCC[C@@H]2OCCC/C=C/c2cccc(F)c2)c1. The molecule has 2 aromatic rings. The molecule has 0 radical (unpaired) electrons. The Hall–Kier alpha value is -2.20. The molecule has 1 aliphatic carbocycles. The van der Waals surface area contributed by atoms with E-state index in [2.05, 4.69) is 24.1 Å². The number of benzene rings is 1. The maximum atomic E-state index is 13.1. The first-order chi connectivity index (χ1) is 13.1. The quantitative estimate of drug-likeness (QED) is 0.640. The molecule has 1 fully saturated rings. The van der Waals surface area contributed by atoms with Crippen molar-refractivity contribution < 1.29 is 9.13 Å². The van der Waals surface area contributed by atoms with Crippen LogP contribution in [0.15, 0.2) is 42.5 Å². The van der Waals surface area contributed by atoms with Gasteiger partial charge in [-0.15, -0.1) is 0 Å². The Morgan fingerprint density at radius 2 is 2.15 bits per heavy atom. The van der Waals surface area contributed by atoms with Crippen LogP contribution in [0.1, 0.15) is 48.9 Å². The molecule has 0 amide bonds. The van der Waals surface area contributed by atoms with Crippen LogP contribution in [0.4, 0.5) is 10.2 Å². The Labute approximate surface area is 161 Å². The fourth-order valence-corrected chi connectivity index (χ4v) is 3.86. The van der Waals surface area contributed by atoms with Crippen molar-refractivity contribution in [1.29, 1.82) is 0 Å². The fourth-order valence-electron chi connectivity index (χ4n) is 3.86. The summed E-state index contributed by atoms with van der Waals surface area (Å²) in [6.07, 6.45) is 10.8. The maximum Gasteiger partial charge on any atom is 0.123 e. The molecule has 3 nitrogen and oxygen atoms in total. The first kappa shape index (κ1) is 19.6. The average molecular weight is 368 g/mol. The molecule has 0 unspecified atom stereocenters. The summed E-state index contributed by atoms with van der Waals surface area (Å²) in [5.41, 5.74) is 9.02. The number of rotatable bonds is 8. The molecule has 27 heavy (non-hydrogen) atoms. The summed E-state index contributed by atoms with van der Waals surface area (Å²) < 4.78 is 19.3. The average Bonchev–Trinajstić information content (AvgIpc) is 3.04. The largest absolute Gasteiger partial charge is 0.384 e. The molecule has 0 aliphatic heterocycles. The smallest absolute Gasteiger partial charge is 0.123 e. The molecule has 3 rings (SSSR count). The molecule has 0 bridgehead atoms. The van der Waals surface area contributed by atoms with E-state index in [0.29, 0.717) is 17.8 Å². The second-order valence-electron chi connectivity index (χ2n) is 7.46. The molecular formula is C23H29FN2O. The monoisotopic (exact) mass is 368 g/mol. The van der Waals surface area contributed by atoms with Crippen LogP contribution in [0.5, 0.6) is 0 Å². The van der Waals surface area contributed by atoms with Crippen molar-refractivity contribution in [3.63, 3.8) is 0 Å². The second kappa shape index (κ2) is 9.65. The summed E-state index contributed by atoms with van der Waals surface area (Å²) in [6, 6.07) is 10.7. The van der Waals surface area contributed by atoms with Gasteiger partial charge in [-0.1, -0.05) is 30.7 Å². The third-order valence-corrected chi connectivity index (χ3v) is 5.11. The number of allylic oxidation sites excluding steroid dienone is 1. The van der Waals surface area contributed by atoms with Gasteiger partial charge in [-0.2, -0.15) is 0 Å². The molecule has 1 aromatic heterocycles. The molecule has 0 saturated heterocycles. The highest BCUT2D eigenvalue weighted by atomic mass is 19.1. The van der Waals surface area contributed by atoms with Gasteiger partial charge in [-0.25, -0.2) is 9.37 Å². The number of nitrogens with two attached hydrogens (primary N) is 1. The second-order valence-corrected chi connectivity index (χ2v) is 7.46. The van der Waals surface area contributed by atoms with Gasteiger partial charge >= 0.3 is 0 Å². The van der Waals surface area contributed by atoms with E-state index >= 15 is 0 Å². The third kappa shape index (κ3) is 6.17. The van der Waals surface area contributed by atoms with Crippen molar-refractivity contribution in [2.24, 2.45) is 5.92 Å². The van der Waals surface area contributed by atoms with Gasteiger partial charge in [0.2, 0.25) is 0 Å². The molecule has 1 saturated carbocycles. The van der Waals surface area contributed by atoms with E-state index in [1.54, 1.807) is 12.1 Å². The molecule has 1 aromatic carbocycles. The Kier molecular flexibility index (Phi) is 6.99. The number of ether oxygens (including phenoxy) is 1. The molecule has 144 valence electrons. The summed E-state index contributed by atoms with van der Waals surface area (Å²) in [5.74, 6) is 0.935. The van der Waals surface area contributed by atoms with Crippen LogP contribution in [0.3, 0.4) is 0 Å². The van der Waals surface area contributed by atoms with Crippen molar-refractivity contribution in [1.82, 2.24) is 4.98 Å². The number of nitrogen functional groups attached to an aromatic ring is 1. The summed E-state index contributed by atoms with van der Waals surface area (Å²) in [5, 5.41) is 0. The van der Waals surface area contributed by atoms with Gasteiger partial charge in [-0.05, 0) is 80.3 Å². The van der Waals surface area contributed by atoms with Crippen LogP contribution >= 0.6 is 0 Å². The minimum absolute atomic E-state index is 0.197. The van der Waals surface area contributed by atoms with E-state index in [-0.39, 0.29) is 5.82 Å². The van der Waals surface area contributed by atoms with Gasteiger partial charge in [0.1, 0.15) is 11.6 Å². The topological polar surface area (TPSA) is 48.1 Å². The van der Waals surface area contributed by atoms with Crippen molar-refractivity contribution in [3.8, 4) is 0 Å². The van der Waals surface area contributed by atoms with Gasteiger partial charge in [0.05, 0.1) is 6.10 Å². The number of hydrogen-bond acceptors (Lipinski definition) is 3. The summed E-state index contributed by atoms with van der Waals surface area (Å²) in [4.78, 5) is 4.47. The fraction of sp³-hybridized carbons (Fsp3) is 0.435. The number of anilines is 1. The van der Waals surface area contributed by atoms with Crippen LogP contribution in [0.2, 0.25) is 0 Å². The van der Waals surface area contributed by atoms with Crippen molar-refractivity contribution in [2.75, 3.05) is 12.3 Å². The zero-order valence-electron chi connectivity index (χ0n) is 16.0. The predicted molar refractivity (Wildman–Crippen MR) is 109 cm³/mol. The number of nitrogens with zero attached hydrogens (tertiary/aromatic N) is 1. The molecule has 1 aliphatic rings. The molecular weight excluding hydrogens is 339 g/mol. The lowest BCUT2D eigenvalue weighted by atomic mass is 9.98. The Bertz CT molecular complexity index is 754. The predicted octanol–water partition coefficient (Wildman–Crippen LogP) is 5.33. The standard InChI is InChI=1S/C23H29FN2O/c1-17-13-21(26-23(25)14-17)16-19-9-6-11-22(19)27-12-4-2-3-7-18-8-5-10-20(24)15-18/h3,5,7-8,10,13-15,19,22H,2,4,6,9,11-12,16H2,1H3,(H2,25,26)/b7-3+/t19-,22-/m0/s1. The van der Waals surface area contributed by atoms with E-state index in [0.717, 1.165) is 49.1 Å². The van der Waals surface area contributed by atoms with E-state index in [4.69, 9.17) is 10.5 Å². The maximum absolute atomic E-state index is 13.1. The number of aryl methyl sites for hydroxylation is 1. The normalized spacial score (nSPS) is 19.8. The van der Waals surface area contributed by atoms with Crippen molar-refractivity contribution in [3.05, 3.63) is 65.1 Å². The lowest BCUT2D eigenvalue weighted by molar-refractivity contribution is 0.0267. The zero-order chi connectivity index (χ0) is 19.1. The number of unbranched alkanes of at least 4 members (excludes halogenated alkanes) is 1. The van der Waals surface area contributed by atoms with Gasteiger partial charge in [0, 0.05) is 12.3 Å². The van der Waals surface area contributed by atoms with Gasteiger partial charge in [0.25, 0.3) is 0 Å². The van der Waals surface area contributed by atoms with E-state index in [1.165, 1.54) is 18.9 Å². The number of pyridine rings is 1. The van der Waals surface area contributed by atoms with Crippen molar-refractivity contribution >= 4 is 11.9 Å². The zero-order valence-corrected chi connectivity index (χ0v) is 16.0. The lowest BCUT2D eigenvalue weighted by Gasteiger charge is -2.20. The van der Waals surface area contributed by atoms with E-state index < -0.39 is 0 Å². The summed E-state index contributed by atoms with van der Waals surface area (Å²) >= 11 is 0. The number of aromatic nitrogens is 1. The molecule has 1 heterocycles. The van der Waals surface area contributed by atoms with Crippen LogP contribution < -0.4 is 5.73 Å². The van der Waals surface area contributed by atoms with Gasteiger partial charge < -0.3 is 10.5 Å².